The topological polar surface area (TPSA) is 80.9 Å². The van der Waals surface area contributed by atoms with Gasteiger partial charge >= 0.3 is 6.18 Å². The number of aliphatic imine (C=N–C) groups is 1. The Kier molecular flexibility index (Phi) is 10.2. The van der Waals surface area contributed by atoms with Gasteiger partial charge in [-0.1, -0.05) is 25.1 Å². The van der Waals surface area contributed by atoms with Gasteiger partial charge in [0.1, 0.15) is 0 Å². The number of rotatable bonds is 8. The monoisotopic (exact) mass is 542 g/mol. The standard InChI is InChI=1S/C19H25F3N4O3.HI/c1-12(2)15-8-14(29-26-15)10-25-18(23-3)24-9-13-5-6-16(17(7-13)27-4)28-11-19(20,21)22;/h5-8,12H,9-11H2,1-4H3,(H2,23,24,25);1H. The number of halogens is 4. The normalized spacial score (nSPS) is 11.8. The Morgan fingerprint density at radius 2 is 1.87 bits per heavy atom. The van der Waals surface area contributed by atoms with Crippen molar-refractivity contribution in [1.29, 1.82) is 0 Å². The van der Waals surface area contributed by atoms with Gasteiger partial charge in [-0.25, -0.2) is 0 Å². The van der Waals surface area contributed by atoms with E-state index in [9.17, 15) is 13.2 Å². The summed E-state index contributed by atoms with van der Waals surface area (Å²) in [5, 5.41) is 10.2. The van der Waals surface area contributed by atoms with Crippen molar-refractivity contribution >= 4 is 29.9 Å². The van der Waals surface area contributed by atoms with Gasteiger partial charge in [-0.2, -0.15) is 13.2 Å². The van der Waals surface area contributed by atoms with Gasteiger partial charge in [-0.15, -0.1) is 24.0 Å². The highest BCUT2D eigenvalue weighted by atomic mass is 127. The molecule has 2 N–H and O–H groups in total. The summed E-state index contributed by atoms with van der Waals surface area (Å²) in [6.07, 6.45) is -4.41. The Balaban J connectivity index is 0.00000450. The third-order valence-corrected chi connectivity index (χ3v) is 3.90. The van der Waals surface area contributed by atoms with Crippen LogP contribution in [0.15, 0.2) is 33.8 Å². The molecular formula is C19H26F3IN4O3. The molecular weight excluding hydrogens is 516 g/mol. The number of nitrogens with one attached hydrogen (secondary N) is 2. The molecule has 0 spiro atoms. The molecule has 1 aromatic heterocycles. The second kappa shape index (κ2) is 11.9. The molecule has 0 atom stereocenters. The molecule has 0 radical (unpaired) electrons. The lowest BCUT2D eigenvalue weighted by Gasteiger charge is -2.15. The molecule has 0 fully saturated rings. The van der Waals surface area contributed by atoms with Gasteiger partial charge in [0.2, 0.25) is 0 Å². The third-order valence-electron chi connectivity index (χ3n) is 3.90. The summed E-state index contributed by atoms with van der Waals surface area (Å²) in [4.78, 5) is 4.13. The van der Waals surface area contributed by atoms with Crippen LogP contribution in [0.3, 0.4) is 0 Å². The molecule has 7 nitrogen and oxygen atoms in total. The van der Waals surface area contributed by atoms with Gasteiger partial charge in [0.25, 0.3) is 0 Å². The second-order valence-corrected chi connectivity index (χ2v) is 6.54. The van der Waals surface area contributed by atoms with E-state index in [1.54, 1.807) is 19.2 Å². The van der Waals surface area contributed by atoms with Crippen LogP contribution >= 0.6 is 24.0 Å². The van der Waals surface area contributed by atoms with Crippen LogP contribution < -0.4 is 20.1 Å². The molecule has 0 saturated carbocycles. The highest BCUT2D eigenvalue weighted by molar-refractivity contribution is 14.0. The minimum Gasteiger partial charge on any atom is -0.493 e. The first-order chi connectivity index (χ1) is 13.7. The number of ether oxygens (including phenoxy) is 2. The van der Waals surface area contributed by atoms with Crippen molar-refractivity contribution in [1.82, 2.24) is 15.8 Å². The lowest BCUT2D eigenvalue weighted by molar-refractivity contribution is -0.153. The summed E-state index contributed by atoms with van der Waals surface area (Å²) >= 11 is 0. The van der Waals surface area contributed by atoms with Crippen molar-refractivity contribution in [3.8, 4) is 11.5 Å². The van der Waals surface area contributed by atoms with Crippen LogP contribution in [0.2, 0.25) is 0 Å². The molecule has 0 unspecified atom stereocenters. The first-order valence-electron chi connectivity index (χ1n) is 8.98. The molecule has 0 aliphatic carbocycles. The number of hydrogen-bond donors (Lipinski definition) is 2. The van der Waals surface area contributed by atoms with E-state index in [1.807, 2.05) is 19.9 Å². The Morgan fingerprint density at radius 1 is 1.17 bits per heavy atom. The summed E-state index contributed by atoms with van der Waals surface area (Å²) in [6.45, 7) is 3.47. The lowest BCUT2D eigenvalue weighted by Crippen LogP contribution is -2.36. The Morgan fingerprint density at radius 3 is 2.43 bits per heavy atom. The van der Waals surface area contributed by atoms with E-state index in [0.717, 1.165) is 11.3 Å². The van der Waals surface area contributed by atoms with E-state index in [1.165, 1.54) is 13.2 Å². The van der Waals surface area contributed by atoms with Gasteiger partial charge in [0.05, 0.1) is 19.3 Å². The molecule has 2 aromatic rings. The Bertz CT molecular complexity index is 826. The van der Waals surface area contributed by atoms with Gasteiger partial charge in [-0.05, 0) is 23.6 Å². The zero-order chi connectivity index (χ0) is 21.4. The number of benzene rings is 1. The maximum absolute atomic E-state index is 12.3. The predicted molar refractivity (Wildman–Crippen MR) is 118 cm³/mol. The Labute approximate surface area is 190 Å². The average Bonchev–Trinajstić information content (AvgIpc) is 3.15. The number of guanidine groups is 1. The predicted octanol–water partition coefficient (Wildman–Crippen LogP) is 4.23. The second-order valence-electron chi connectivity index (χ2n) is 6.54. The number of alkyl halides is 3. The molecule has 11 heteroatoms. The maximum atomic E-state index is 12.3. The molecule has 0 amide bonds. The van der Waals surface area contributed by atoms with Crippen molar-refractivity contribution in [3.63, 3.8) is 0 Å². The molecule has 168 valence electrons. The number of methoxy groups -OCH3 is 1. The number of hydrogen-bond acceptors (Lipinski definition) is 5. The highest BCUT2D eigenvalue weighted by Crippen LogP contribution is 2.29. The minimum atomic E-state index is -4.41. The summed E-state index contributed by atoms with van der Waals surface area (Å²) < 4.78 is 52.2. The van der Waals surface area contributed by atoms with Crippen molar-refractivity contribution in [2.45, 2.75) is 39.0 Å². The molecule has 30 heavy (non-hydrogen) atoms. The van der Waals surface area contributed by atoms with Gasteiger partial charge < -0.3 is 24.6 Å². The summed E-state index contributed by atoms with van der Waals surface area (Å²) in [6, 6.07) is 6.59. The van der Waals surface area contributed by atoms with E-state index in [0.29, 0.717) is 24.8 Å². The van der Waals surface area contributed by atoms with Gasteiger partial charge in [0, 0.05) is 19.7 Å². The quantitative estimate of drug-likeness (QED) is 0.296. The number of aromatic nitrogens is 1. The lowest BCUT2D eigenvalue weighted by atomic mass is 10.1. The maximum Gasteiger partial charge on any atom is 0.422 e. The van der Waals surface area contributed by atoms with Gasteiger partial charge in [-0.3, -0.25) is 4.99 Å². The summed E-state index contributed by atoms with van der Waals surface area (Å²) in [7, 11) is 3.00. The van der Waals surface area contributed by atoms with E-state index < -0.39 is 12.8 Å². The van der Waals surface area contributed by atoms with Crippen molar-refractivity contribution in [2.75, 3.05) is 20.8 Å². The van der Waals surface area contributed by atoms with Crippen molar-refractivity contribution < 1.29 is 27.2 Å². The van der Waals surface area contributed by atoms with Crippen molar-refractivity contribution in [2.24, 2.45) is 4.99 Å². The van der Waals surface area contributed by atoms with E-state index in [2.05, 4.69) is 20.8 Å². The van der Waals surface area contributed by atoms with Crippen LogP contribution in [-0.4, -0.2) is 38.1 Å². The van der Waals surface area contributed by atoms with E-state index in [-0.39, 0.29) is 41.4 Å². The summed E-state index contributed by atoms with van der Waals surface area (Å²) in [5.74, 6) is 1.75. The fourth-order valence-electron chi connectivity index (χ4n) is 2.36. The van der Waals surface area contributed by atoms with E-state index in [4.69, 9.17) is 14.0 Å². The SMILES string of the molecule is CN=C(NCc1ccc(OCC(F)(F)F)c(OC)c1)NCc1cc(C(C)C)no1.I. The van der Waals surface area contributed by atoms with E-state index >= 15 is 0 Å². The molecule has 2 rings (SSSR count). The molecule has 1 heterocycles. The minimum absolute atomic E-state index is 0. The summed E-state index contributed by atoms with van der Waals surface area (Å²) in [5.41, 5.74) is 1.66. The van der Waals surface area contributed by atoms with Crippen LogP contribution in [0.1, 0.15) is 36.8 Å². The highest BCUT2D eigenvalue weighted by Gasteiger charge is 2.29. The molecule has 0 bridgehead atoms. The number of nitrogens with zero attached hydrogens (tertiary/aromatic N) is 2. The van der Waals surface area contributed by atoms with Crippen LogP contribution in [0.5, 0.6) is 11.5 Å². The molecule has 0 saturated heterocycles. The first-order valence-corrected chi connectivity index (χ1v) is 8.98. The largest absolute Gasteiger partial charge is 0.493 e. The van der Waals surface area contributed by atoms with Crippen LogP contribution in [-0.2, 0) is 13.1 Å². The zero-order valence-electron chi connectivity index (χ0n) is 17.2. The van der Waals surface area contributed by atoms with Crippen molar-refractivity contribution in [3.05, 3.63) is 41.3 Å². The fraction of sp³-hybridized carbons (Fsp3) is 0.474. The molecule has 0 aliphatic rings. The first kappa shape index (κ1) is 25.9. The zero-order valence-corrected chi connectivity index (χ0v) is 19.5. The third kappa shape index (κ3) is 8.28. The molecule has 0 aliphatic heterocycles. The van der Waals surface area contributed by atoms with Gasteiger partial charge in [0.15, 0.2) is 29.8 Å². The molecule has 1 aromatic carbocycles. The van der Waals surface area contributed by atoms with Crippen LogP contribution in [0.25, 0.3) is 0 Å². The smallest absolute Gasteiger partial charge is 0.422 e. The van der Waals surface area contributed by atoms with Crippen LogP contribution in [0, 0.1) is 0 Å². The Hall–Kier alpha value is -2.18. The average molecular weight is 542 g/mol. The van der Waals surface area contributed by atoms with Crippen LogP contribution in [0.4, 0.5) is 13.2 Å². The fourth-order valence-corrected chi connectivity index (χ4v) is 2.36.